The molecule has 6 heteroatoms. The van der Waals surface area contributed by atoms with E-state index in [4.69, 9.17) is 33.7 Å². The Morgan fingerprint density at radius 2 is 2.00 bits per heavy atom. The van der Waals surface area contributed by atoms with Crippen LogP contribution in [0.3, 0.4) is 0 Å². The minimum Gasteiger partial charge on any atom is -0.496 e. The van der Waals surface area contributed by atoms with E-state index in [2.05, 4.69) is 10.3 Å². The lowest BCUT2D eigenvalue weighted by Gasteiger charge is -2.22. The molecule has 3 N–H and O–H groups in total. The monoisotopic (exact) mass is 325 g/mol. The topological polar surface area (TPSA) is 60.2 Å². The molecule has 1 atom stereocenters. The van der Waals surface area contributed by atoms with Gasteiger partial charge in [0.25, 0.3) is 0 Å². The minimum absolute atomic E-state index is 0.173. The summed E-state index contributed by atoms with van der Waals surface area (Å²) in [4.78, 5) is 4.12. The second-order valence-electron chi connectivity index (χ2n) is 4.50. The van der Waals surface area contributed by atoms with Crippen molar-refractivity contribution in [2.24, 2.45) is 0 Å². The second kappa shape index (κ2) is 6.98. The van der Waals surface area contributed by atoms with Crippen LogP contribution in [-0.4, -0.2) is 18.6 Å². The highest BCUT2D eigenvalue weighted by Gasteiger charge is 2.21. The molecule has 21 heavy (non-hydrogen) atoms. The van der Waals surface area contributed by atoms with E-state index >= 15 is 0 Å². The molecular formula is C15H17Cl2N3O. The van der Waals surface area contributed by atoms with Crippen molar-refractivity contribution in [3.63, 3.8) is 0 Å². The van der Waals surface area contributed by atoms with Gasteiger partial charge in [-0.25, -0.2) is 4.98 Å². The molecule has 1 heterocycles. The number of pyridine rings is 1. The molecule has 0 saturated carbocycles. The molecule has 2 rings (SSSR count). The lowest BCUT2D eigenvalue weighted by Crippen LogP contribution is -2.24. The Hall–Kier alpha value is -1.49. The van der Waals surface area contributed by atoms with Gasteiger partial charge in [0.15, 0.2) is 0 Å². The molecule has 1 unspecified atom stereocenters. The zero-order chi connectivity index (χ0) is 15.4. The van der Waals surface area contributed by atoms with Crippen molar-refractivity contribution in [3.8, 4) is 5.75 Å². The first-order chi connectivity index (χ1) is 10.1. The predicted octanol–water partition coefficient (Wildman–Crippen LogP) is 3.68. The molecule has 0 aliphatic rings. The molecule has 0 spiro atoms. The minimum atomic E-state index is -0.173. The number of nitrogens with one attached hydrogen (secondary N) is 1. The Bertz CT molecular complexity index is 634. The molecule has 4 nitrogen and oxygen atoms in total. The number of halogens is 2. The number of methoxy groups -OCH3 is 1. The molecule has 0 aliphatic heterocycles. The lowest BCUT2D eigenvalue weighted by atomic mass is 9.98. The second-order valence-corrected chi connectivity index (χ2v) is 5.38. The van der Waals surface area contributed by atoms with E-state index in [-0.39, 0.29) is 6.04 Å². The van der Waals surface area contributed by atoms with Crippen LogP contribution in [0.2, 0.25) is 10.0 Å². The van der Waals surface area contributed by atoms with Gasteiger partial charge in [-0.3, -0.25) is 0 Å². The first-order valence-corrected chi connectivity index (χ1v) is 7.30. The third-order valence-electron chi connectivity index (χ3n) is 3.14. The summed E-state index contributed by atoms with van der Waals surface area (Å²) in [5.41, 5.74) is 7.74. The standard InChI is InChI=1S/C15H17Cl2N3O/c1-3-19-14(12-6-10(17)8-20-15(12)18)11-5-4-9(16)7-13(11)21-2/h4-8,14,19H,3H2,1-2H3,(H2,18,20). The Kier molecular flexibility index (Phi) is 5.28. The lowest BCUT2D eigenvalue weighted by molar-refractivity contribution is 0.404. The first-order valence-electron chi connectivity index (χ1n) is 6.54. The van der Waals surface area contributed by atoms with Crippen LogP contribution in [0.5, 0.6) is 5.75 Å². The third kappa shape index (κ3) is 3.59. The SMILES string of the molecule is CCNC(c1ccc(Cl)cc1OC)c1cc(Cl)cnc1N. The highest BCUT2D eigenvalue weighted by molar-refractivity contribution is 6.31. The predicted molar refractivity (Wildman–Crippen MR) is 87.2 cm³/mol. The number of anilines is 1. The molecular weight excluding hydrogens is 309 g/mol. The van der Waals surface area contributed by atoms with E-state index in [9.17, 15) is 0 Å². The highest BCUT2D eigenvalue weighted by atomic mass is 35.5. The zero-order valence-electron chi connectivity index (χ0n) is 11.9. The van der Waals surface area contributed by atoms with Crippen molar-refractivity contribution in [1.29, 1.82) is 0 Å². The highest BCUT2D eigenvalue weighted by Crippen LogP contribution is 2.34. The Morgan fingerprint density at radius 1 is 1.24 bits per heavy atom. The summed E-state index contributed by atoms with van der Waals surface area (Å²) in [6, 6.07) is 7.14. The Balaban J connectivity index is 2.55. The van der Waals surface area contributed by atoms with Crippen LogP contribution in [-0.2, 0) is 0 Å². The Labute approximate surface area is 134 Å². The smallest absolute Gasteiger partial charge is 0.128 e. The van der Waals surface area contributed by atoms with Crippen LogP contribution < -0.4 is 15.8 Å². The molecule has 1 aromatic heterocycles. The van der Waals surface area contributed by atoms with E-state index in [1.54, 1.807) is 13.2 Å². The van der Waals surface area contributed by atoms with Crippen LogP contribution in [0.1, 0.15) is 24.1 Å². The van der Waals surface area contributed by atoms with E-state index in [1.807, 2.05) is 25.1 Å². The normalized spacial score (nSPS) is 12.2. The average molecular weight is 326 g/mol. The maximum absolute atomic E-state index is 6.05. The van der Waals surface area contributed by atoms with Gasteiger partial charge in [0.1, 0.15) is 11.6 Å². The number of ether oxygens (including phenoxy) is 1. The number of benzene rings is 1. The molecule has 0 fully saturated rings. The van der Waals surface area contributed by atoms with Gasteiger partial charge < -0.3 is 15.8 Å². The first kappa shape index (κ1) is 15.9. The molecule has 0 radical (unpaired) electrons. The van der Waals surface area contributed by atoms with Crippen molar-refractivity contribution in [1.82, 2.24) is 10.3 Å². The molecule has 112 valence electrons. The molecule has 0 bridgehead atoms. The van der Waals surface area contributed by atoms with Gasteiger partial charge in [0, 0.05) is 22.3 Å². The quantitative estimate of drug-likeness (QED) is 0.880. The molecule has 0 aliphatic carbocycles. The number of nitrogens with two attached hydrogens (primary N) is 1. The van der Waals surface area contributed by atoms with Gasteiger partial charge in [0.2, 0.25) is 0 Å². The number of rotatable bonds is 5. The van der Waals surface area contributed by atoms with Gasteiger partial charge in [-0.15, -0.1) is 0 Å². The summed E-state index contributed by atoms with van der Waals surface area (Å²) in [5, 5.41) is 4.53. The summed E-state index contributed by atoms with van der Waals surface area (Å²) in [6.07, 6.45) is 1.53. The van der Waals surface area contributed by atoms with Gasteiger partial charge >= 0.3 is 0 Å². The van der Waals surface area contributed by atoms with Crippen LogP contribution in [0.25, 0.3) is 0 Å². The fraction of sp³-hybridized carbons (Fsp3) is 0.267. The van der Waals surface area contributed by atoms with Crippen molar-refractivity contribution >= 4 is 29.0 Å². The summed E-state index contributed by atoms with van der Waals surface area (Å²) in [7, 11) is 1.61. The maximum Gasteiger partial charge on any atom is 0.128 e. The number of hydrogen-bond acceptors (Lipinski definition) is 4. The van der Waals surface area contributed by atoms with E-state index in [1.165, 1.54) is 6.20 Å². The van der Waals surface area contributed by atoms with Crippen LogP contribution in [0.15, 0.2) is 30.5 Å². The average Bonchev–Trinajstić information content (AvgIpc) is 2.48. The van der Waals surface area contributed by atoms with Crippen molar-refractivity contribution in [2.75, 3.05) is 19.4 Å². The summed E-state index contributed by atoms with van der Waals surface area (Å²) in [6.45, 7) is 2.77. The fourth-order valence-electron chi connectivity index (χ4n) is 2.21. The van der Waals surface area contributed by atoms with E-state index < -0.39 is 0 Å². The molecule has 1 aromatic carbocycles. The van der Waals surface area contributed by atoms with Crippen molar-refractivity contribution in [3.05, 3.63) is 51.6 Å². The number of hydrogen-bond donors (Lipinski definition) is 2. The van der Waals surface area contributed by atoms with Gasteiger partial charge in [-0.1, -0.05) is 36.2 Å². The van der Waals surface area contributed by atoms with Gasteiger partial charge in [-0.05, 0) is 24.7 Å². The van der Waals surface area contributed by atoms with Crippen LogP contribution in [0, 0.1) is 0 Å². The van der Waals surface area contributed by atoms with Crippen LogP contribution >= 0.6 is 23.2 Å². The summed E-state index contributed by atoms with van der Waals surface area (Å²) in [5.74, 6) is 1.12. The number of nitrogens with zero attached hydrogens (tertiary/aromatic N) is 1. The van der Waals surface area contributed by atoms with Crippen molar-refractivity contribution < 1.29 is 4.74 Å². The maximum atomic E-state index is 6.05. The Morgan fingerprint density at radius 3 is 2.67 bits per heavy atom. The number of aromatic nitrogens is 1. The van der Waals surface area contributed by atoms with Gasteiger partial charge in [0.05, 0.1) is 18.2 Å². The van der Waals surface area contributed by atoms with Crippen LogP contribution in [0.4, 0.5) is 5.82 Å². The fourth-order valence-corrected chi connectivity index (χ4v) is 2.54. The van der Waals surface area contributed by atoms with Gasteiger partial charge in [-0.2, -0.15) is 0 Å². The van der Waals surface area contributed by atoms with E-state index in [0.29, 0.717) is 21.6 Å². The summed E-state index contributed by atoms with van der Waals surface area (Å²) >= 11 is 12.1. The molecule has 0 amide bonds. The molecule has 0 saturated heterocycles. The molecule has 2 aromatic rings. The summed E-state index contributed by atoms with van der Waals surface area (Å²) < 4.78 is 5.43. The van der Waals surface area contributed by atoms with E-state index in [0.717, 1.165) is 17.7 Å². The zero-order valence-corrected chi connectivity index (χ0v) is 13.4. The van der Waals surface area contributed by atoms with Crippen molar-refractivity contribution in [2.45, 2.75) is 13.0 Å². The largest absolute Gasteiger partial charge is 0.496 e. The third-order valence-corrected chi connectivity index (χ3v) is 3.58. The number of nitrogen functional groups attached to an aromatic ring is 1.